The highest BCUT2D eigenvalue weighted by Crippen LogP contribution is 2.77. The highest BCUT2D eigenvalue weighted by molar-refractivity contribution is 6.03. The molecule has 2 spiro atoms. The molecular formula is C52H55N3O6. The Kier molecular flexibility index (Phi) is 8.99. The predicted molar refractivity (Wildman–Crippen MR) is 236 cm³/mol. The van der Waals surface area contributed by atoms with E-state index in [1.54, 1.807) is 24.3 Å². The van der Waals surface area contributed by atoms with Gasteiger partial charge in [-0.3, -0.25) is 0 Å². The van der Waals surface area contributed by atoms with Crippen LogP contribution in [0.1, 0.15) is 97.3 Å². The van der Waals surface area contributed by atoms with E-state index >= 15 is 0 Å². The summed E-state index contributed by atoms with van der Waals surface area (Å²) in [4.78, 5) is 8.43. The number of hydrogen-bond donors (Lipinski definition) is 8. The van der Waals surface area contributed by atoms with Gasteiger partial charge in [-0.05, 0) is 132 Å². The lowest BCUT2D eigenvalue weighted by molar-refractivity contribution is -0.189. The molecule has 2 heterocycles. The van der Waals surface area contributed by atoms with Gasteiger partial charge in [0.1, 0.15) is 5.75 Å². The summed E-state index contributed by atoms with van der Waals surface area (Å²) in [6, 6.07) is 18.4. The van der Waals surface area contributed by atoms with Crippen molar-refractivity contribution in [3.63, 3.8) is 0 Å². The van der Waals surface area contributed by atoms with E-state index in [1.165, 1.54) is 87.2 Å². The molecule has 9 heteroatoms. The van der Waals surface area contributed by atoms with E-state index in [9.17, 15) is 30.6 Å². The second-order valence-corrected chi connectivity index (χ2v) is 19.2. The fourth-order valence-corrected chi connectivity index (χ4v) is 14.6. The number of aromatic nitrogens is 2. The van der Waals surface area contributed by atoms with Gasteiger partial charge in [-0.15, -0.1) is 0 Å². The molecule has 5 aliphatic carbocycles. The van der Waals surface area contributed by atoms with Gasteiger partial charge in [0.15, 0.2) is 23.0 Å². The monoisotopic (exact) mass is 817 g/mol. The summed E-state index contributed by atoms with van der Waals surface area (Å²) < 4.78 is 0. The smallest absolute Gasteiger partial charge is 0.169 e. The number of rotatable bonds is 7. The van der Waals surface area contributed by atoms with Crippen LogP contribution in [0, 0.1) is 34.5 Å². The van der Waals surface area contributed by atoms with Crippen LogP contribution in [-0.4, -0.2) is 52.8 Å². The number of allylic oxidation sites excluding steroid dienone is 1. The molecule has 0 bridgehead atoms. The number of aromatic amines is 1. The highest BCUT2D eigenvalue weighted by atomic mass is 16.3. The minimum absolute atomic E-state index is 0.0103. The van der Waals surface area contributed by atoms with E-state index in [4.69, 9.17) is 4.98 Å². The minimum atomic E-state index is -0.507. The summed E-state index contributed by atoms with van der Waals surface area (Å²) in [6.07, 6.45) is 28.3. The van der Waals surface area contributed by atoms with Gasteiger partial charge in [0.05, 0.1) is 23.9 Å². The number of hydrogen-bond acceptors (Lipinski definition) is 8. The van der Waals surface area contributed by atoms with Crippen molar-refractivity contribution in [1.82, 2.24) is 15.3 Å². The van der Waals surface area contributed by atoms with Crippen LogP contribution >= 0.6 is 0 Å². The molecule has 4 saturated carbocycles. The molecular weight excluding hydrogens is 763 g/mol. The van der Waals surface area contributed by atoms with Crippen molar-refractivity contribution in [2.75, 3.05) is 0 Å². The number of aliphatic hydroxyl groups is 1. The van der Waals surface area contributed by atoms with Crippen LogP contribution in [0.15, 0.2) is 97.5 Å². The van der Waals surface area contributed by atoms with Crippen LogP contribution in [0.2, 0.25) is 0 Å². The van der Waals surface area contributed by atoms with Gasteiger partial charge in [0.25, 0.3) is 0 Å². The number of phenolic OH excluding ortho intramolecular Hbond substituents is 5. The third-order valence-electron chi connectivity index (χ3n) is 16.9. The van der Waals surface area contributed by atoms with Crippen LogP contribution in [-0.2, 0) is 18.3 Å². The SMILES string of the molecule is Oc1ccc(/C=C/c2c(CCc3ccc([C@H]4C=C[C@@H]5C[C@H]6CCC[C@]67CC[C@@]68CCC[C@@H]6C=C[C@@H](O)[C@H]8[C@]7(c6cnc[nH]6)[C@@H]5N4)cc3)c(O)c(O)c3c(O)cccc23)cc1O. The van der Waals surface area contributed by atoms with Gasteiger partial charge in [-0.2, -0.15) is 0 Å². The molecule has 8 N–H and O–H groups in total. The number of aliphatic hydroxyl groups excluding tert-OH is 1. The first-order chi connectivity index (χ1) is 29.6. The Morgan fingerprint density at radius 3 is 2.44 bits per heavy atom. The molecule has 11 rings (SSSR count). The number of nitrogens with zero attached hydrogens (tertiary/aromatic N) is 1. The molecule has 0 amide bonds. The second-order valence-electron chi connectivity index (χ2n) is 19.2. The summed E-state index contributed by atoms with van der Waals surface area (Å²) in [5.74, 6) is 0.327. The molecule has 9 nitrogen and oxygen atoms in total. The van der Waals surface area contributed by atoms with Crippen molar-refractivity contribution in [3.8, 4) is 28.7 Å². The maximum Gasteiger partial charge on any atom is 0.169 e. The first kappa shape index (κ1) is 38.4. The summed E-state index contributed by atoms with van der Waals surface area (Å²) in [5, 5.41) is 70.7. The Bertz CT molecular complexity index is 2600. The van der Waals surface area contributed by atoms with E-state index < -0.39 is 6.10 Å². The molecule has 61 heavy (non-hydrogen) atoms. The van der Waals surface area contributed by atoms with E-state index in [-0.39, 0.29) is 68.4 Å². The zero-order valence-corrected chi connectivity index (χ0v) is 34.3. The maximum absolute atomic E-state index is 12.4. The van der Waals surface area contributed by atoms with Gasteiger partial charge in [0.2, 0.25) is 0 Å². The molecule has 6 aliphatic rings. The molecule has 1 aromatic heterocycles. The Morgan fingerprint density at radius 1 is 0.770 bits per heavy atom. The number of aryl methyl sites for hydroxylation is 1. The molecule has 4 fully saturated rings. The Hall–Kier alpha value is -5.51. The van der Waals surface area contributed by atoms with Crippen molar-refractivity contribution in [2.45, 2.75) is 94.2 Å². The number of benzene rings is 4. The van der Waals surface area contributed by atoms with E-state index in [0.717, 1.165) is 5.56 Å². The summed E-state index contributed by atoms with van der Waals surface area (Å²) >= 11 is 0. The van der Waals surface area contributed by atoms with Gasteiger partial charge in [-0.25, -0.2) is 4.98 Å². The molecule has 1 aliphatic heterocycles. The maximum atomic E-state index is 12.4. The molecule has 0 radical (unpaired) electrons. The fourth-order valence-electron chi connectivity index (χ4n) is 14.6. The zero-order chi connectivity index (χ0) is 41.7. The topological polar surface area (TPSA) is 162 Å². The van der Waals surface area contributed by atoms with Gasteiger partial charge in [-0.1, -0.05) is 91.8 Å². The molecule has 0 unspecified atom stereocenters. The van der Waals surface area contributed by atoms with Crippen molar-refractivity contribution >= 4 is 22.9 Å². The fraction of sp³-hybridized carbons (Fsp3) is 0.404. The Balaban J connectivity index is 0.918. The lowest BCUT2D eigenvalue weighted by Gasteiger charge is -2.72. The third-order valence-corrected chi connectivity index (χ3v) is 16.9. The van der Waals surface area contributed by atoms with E-state index in [1.807, 2.05) is 12.4 Å². The van der Waals surface area contributed by atoms with Crippen molar-refractivity contribution in [3.05, 3.63) is 131 Å². The van der Waals surface area contributed by atoms with E-state index in [2.05, 4.69) is 65.1 Å². The number of H-pyrrole nitrogens is 1. The molecule has 10 atom stereocenters. The molecule has 0 saturated heterocycles. The number of aromatic hydroxyl groups is 5. The quantitative estimate of drug-likeness (QED) is 0.0458. The van der Waals surface area contributed by atoms with Crippen molar-refractivity contribution in [2.24, 2.45) is 34.5 Å². The van der Waals surface area contributed by atoms with Crippen LogP contribution < -0.4 is 5.32 Å². The Labute approximate surface area is 356 Å². The molecule has 5 aromatic rings. The normalized spacial score (nSPS) is 33.6. The predicted octanol–water partition coefficient (Wildman–Crippen LogP) is 9.49. The van der Waals surface area contributed by atoms with Gasteiger partial charge < -0.3 is 40.9 Å². The van der Waals surface area contributed by atoms with Crippen LogP contribution in [0.5, 0.6) is 28.7 Å². The minimum Gasteiger partial charge on any atom is -0.507 e. The zero-order valence-electron chi connectivity index (χ0n) is 34.3. The van der Waals surface area contributed by atoms with Crippen LogP contribution in [0.3, 0.4) is 0 Å². The number of fused-ring (bicyclic) bond motifs is 4. The Morgan fingerprint density at radius 2 is 1.62 bits per heavy atom. The summed E-state index contributed by atoms with van der Waals surface area (Å²) in [7, 11) is 0. The first-order valence-electron chi connectivity index (χ1n) is 22.4. The summed E-state index contributed by atoms with van der Waals surface area (Å²) in [6.45, 7) is 0. The van der Waals surface area contributed by atoms with Crippen LogP contribution in [0.4, 0.5) is 0 Å². The van der Waals surface area contributed by atoms with E-state index in [0.29, 0.717) is 52.7 Å². The standard InChI is InChI=1S/C52H55N3O6/c56-40-20-12-31(26-43(40)59)11-17-36-37-6-1-7-41(57)45(37)47(61)46(60)38(36)18-10-30-8-13-32(14-9-30)39-19-15-33-27-35-5-3-23-51(35)25-24-50-22-2-4-34(50)16-21-42(58)48(50)52(51,49(33)55-39)44-28-53-29-54-44/h1,6-9,11-17,19-21,26,28-29,33-35,39,42,48-49,55-61H,2-5,10,18,22-25,27H2,(H,53,54)/b17-11+/t33-,34-,35-,39-,42-,48-,49-,50+,51+,52-/m1/s1. The number of phenols is 5. The first-order valence-corrected chi connectivity index (χ1v) is 22.4. The number of imidazole rings is 1. The van der Waals surface area contributed by atoms with Gasteiger partial charge in [0, 0.05) is 34.8 Å². The lowest BCUT2D eigenvalue weighted by Crippen LogP contribution is -2.75. The third kappa shape index (κ3) is 5.55. The summed E-state index contributed by atoms with van der Waals surface area (Å²) in [5.41, 5.74) is 5.15. The average molecular weight is 818 g/mol. The van der Waals surface area contributed by atoms with Crippen LogP contribution in [0.25, 0.3) is 22.9 Å². The lowest BCUT2D eigenvalue weighted by atomic mass is 9.33. The van der Waals surface area contributed by atoms with Gasteiger partial charge >= 0.3 is 0 Å². The molecule has 4 aromatic carbocycles. The average Bonchev–Trinajstić information content (AvgIpc) is 4.05. The van der Waals surface area contributed by atoms with Crippen molar-refractivity contribution in [1.29, 1.82) is 0 Å². The highest BCUT2D eigenvalue weighted by Gasteiger charge is 2.76. The number of nitrogens with one attached hydrogen (secondary N) is 2. The largest absolute Gasteiger partial charge is 0.507 e. The molecule has 314 valence electrons. The second kappa shape index (κ2) is 14.3. The van der Waals surface area contributed by atoms with Crippen molar-refractivity contribution < 1.29 is 30.6 Å².